The minimum absolute atomic E-state index is 0.0505. The highest BCUT2D eigenvalue weighted by molar-refractivity contribution is 5.81. The van der Waals surface area contributed by atoms with Crippen LogP contribution in [0.2, 0.25) is 0 Å². The highest BCUT2D eigenvalue weighted by Gasteiger charge is 2.33. The van der Waals surface area contributed by atoms with Crippen LogP contribution in [0.4, 0.5) is 0 Å². The van der Waals surface area contributed by atoms with E-state index in [9.17, 15) is 4.79 Å². The SMILES string of the molecule is CNC1(C)CCN(C(C)C(=O)N2CCCCCC2)CC1. The number of nitrogens with zero attached hydrogens (tertiary/aromatic N) is 2. The van der Waals surface area contributed by atoms with Crippen molar-refractivity contribution in [3.8, 4) is 0 Å². The van der Waals surface area contributed by atoms with Gasteiger partial charge in [0.15, 0.2) is 0 Å². The van der Waals surface area contributed by atoms with Gasteiger partial charge in [0.1, 0.15) is 0 Å². The Kier molecular flexibility index (Phi) is 5.44. The van der Waals surface area contributed by atoms with Crippen LogP contribution < -0.4 is 5.32 Å². The van der Waals surface area contributed by atoms with E-state index in [0.29, 0.717) is 5.91 Å². The van der Waals surface area contributed by atoms with Gasteiger partial charge in [0.25, 0.3) is 0 Å². The summed E-state index contributed by atoms with van der Waals surface area (Å²) in [7, 11) is 2.04. The number of amides is 1. The van der Waals surface area contributed by atoms with Gasteiger partial charge in [-0.05, 0) is 46.6 Å². The van der Waals surface area contributed by atoms with Gasteiger partial charge in [0.2, 0.25) is 5.91 Å². The lowest BCUT2D eigenvalue weighted by atomic mass is 9.89. The van der Waals surface area contributed by atoms with Crippen LogP contribution in [0, 0.1) is 0 Å². The Morgan fingerprint density at radius 3 is 2.10 bits per heavy atom. The summed E-state index contributed by atoms with van der Waals surface area (Å²) in [6.45, 7) is 8.35. The van der Waals surface area contributed by atoms with Crippen molar-refractivity contribution >= 4 is 5.91 Å². The van der Waals surface area contributed by atoms with Gasteiger partial charge in [0.05, 0.1) is 6.04 Å². The fourth-order valence-corrected chi connectivity index (χ4v) is 3.37. The standard InChI is InChI=1S/C16H31N3O/c1-14(15(20)19-10-6-4-5-7-11-19)18-12-8-16(2,17-3)9-13-18/h14,17H,4-13H2,1-3H3. The zero-order valence-electron chi connectivity index (χ0n) is 13.5. The van der Waals surface area contributed by atoms with Gasteiger partial charge in [-0.15, -0.1) is 0 Å². The molecule has 0 spiro atoms. The van der Waals surface area contributed by atoms with Gasteiger partial charge in [-0.25, -0.2) is 0 Å². The van der Waals surface area contributed by atoms with Crippen LogP contribution in [0.3, 0.4) is 0 Å². The number of carbonyl (C=O) groups excluding carboxylic acids is 1. The predicted molar refractivity (Wildman–Crippen MR) is 82.8 cm³/mol. The molecule has 2 saturated heterocycles. The molecule has 116 valence electrons. The molecule has 0 radical (unpaired) electrons. The Morgan fingerprint density at radius 1 is 1.05 bits per heavy atom. The average molecular weight is 281 g/mol. The van der Waals surface area contributed by atoms with E-state index in [1.165, 1.54) is 25.7 Å². The molecule has 20 heavy (non-hydrogen) atoms. The molecule has 0 bridgehead atoms. The summed E-state index contributed by atoms with van der Waals surface area (Å²) in [5.41, 5.74) is 0.252. The number of piperidine rings is 1. The van der Waals surface area contributed by atoms with Crippen LogP contribution in [0.1, 0.15) is 52.4 Å². The third-order valence-corrected chi connectivity index (χ3v) is 5.33. The first-order chi connectivity index (χ1) is 9.56. The van der Waals surface area contributed by atoms with Crippen molar-refractivity contribution in [3.05, 3.63) is 0 Å². The van der Waals surface area contributed by atoms with Gasteiger partial charge in [-0.3, -0.25) is 9.69 Å². The van der Waals surface area contributed by atoms with Gasteiger partial charge in [0, 0.05) is 31.7 Å². The maximum absolute atomic E-state index is 12.6. The zero-order valence-corrected chi connectivity index (χ0v) is 13.5. The summed E-state index contributed by atoms with van der Waals surface area (Å²) in [6, 6.07) is 0.0505. The third-order valence-electron chi connectivity index (χ3n) is 5.33. The summed E-state index contributed by atoms with van der Waals surface area (Å²) in [4.78, 5) is 17.1. The quantitative estimate of drug-likeness (QED) is 0.857. The highest BCUT2D eigenvalue weighted by atomic mass is 16.2. The fourth-order valence-electron chi connectivity index (χ4n) is 3.37. The number of likely N-dealkylation sites (tertiary alicyclic amines) is 2. The van der Waals surface area contributed by atoms with Crippen molar-refractivity contribution < 1.29 is 4.79 Å². The highest BCUT2D eigenvalue weighted by Crippen LogP contribution is 2.23. The predicted octanol–water partition coefficient (Wildman–Crippen LogP) is 1.85. The molecular formula is C16H31N3O. The van der Waals surface area contributed by atoms with E-state index < -0.39 is 0 Å². The molecule has 1 amide bonds. The monoisotopic (exact) mass is 281 g/mol. The Balaban J connectivity index is 1.87. The van der Waals surface area contributed by atoms with Gasteiger partial charge in [-0.1, -0.05) is 12.8 Å². The Morgan fingerprint density at radius 2 is 1.60 bits per heavy atom. The molecule has 4 nitrogen and oxygen atoms in total. The summed E-state index contributed by atoms with van der Waals surface area (Å²) >= 11 is 0. The molecule has 0 aromatic rings. The van der Waals surface area contributed by atoms with Crippen molar-refractivity contribution in [1.82, 2.24) is 15.1 Å². The first-order valence-corrected chi connectivity index (χ1v) is 8.27. The molecule has 0 saturated carbocycles. The summed E-state index contributed by atoms with van der Waals surface area (Å²) in [5, 5.41) is 3.42. The fraction of sp³-hybridized carbons (Fsp3) is 0.938. The average Bonchev–Trinajstić information content (AvgIpc) is 2.75. The number of hydrogen-bond acceptors (Lipinski definition) is 3. The minimum atomic E-state index is 0.0505. The summed E-state index contributed by atoms with van der Waals surface area (Å²) in [5.74, 6) is 0.347. The molecule has 2 heterocycles. The summed E-state index contributed by atoms with van der Waals surface area (Å²) < 4.78 is 0. The lowest BCUT2D eigenvalue weighted by Crippen LogP contribution is -2.55. The van der Waals surface area contributed by atoms with Crippen molar-refractivity contribution in [2.24, 2.45) is 0 Å². The Labute approximate surface area is 123 Å². The molecule has 1 N–H and O–H groups in total. The van der Waals surface area contributed by atoms with E-state index in [4.69, 9.17) is 0 Å². The van der Waals surface area contributed by atoms with Crippen LogP contribution in [0.15, 0.2) is 0 Å². The molecule has 1 unspecified atom stereocenters. The van der Waals surface area contributed by atoms with E-state index in [2.05, 4.69) is 29.0 Å². The van der Waals surface area contributed by atoms with Crippen LogP contribution in [-0.4, -0.2) is 60.5 Å². The lowest BCUT2D eigenvalue weighted by Gasteiger charge is -2.42. The largest absolute Gasteiger partial charge is 0.341 e. The number of carbonyl (C=O) groups is 1. The van der Waals surface area contributed by atoms with E-state index in [-0.39, 0.29) is 11.6 Å². The molecule has 4 heteroatoms. The second-order valence-corrected chi connectivity index (χ2v) is 6.76. The Hall–Kier alpha value is -0.610. The molecule has 0 aliphatic carbocycles. The molecular weight excluding hydrogens is 250 g/mol. The third kappa shape index (κ3) is 3.73. The molecule has 1 atom stereocenters. The molecule has 2 aliphatic rings. The van der Waals surface area contributed by atoms with E-state index in [1.54, 1.807) is 0 Å². The van der Waals surface area contributed by atoms with Crippen LogP contribution in [0.25, 0.3) is 0 Å². The molecule has 0 aromatic carbocycles. The van der Waals surface area contributed by atoms with E-state index in [0.717, 1.165) is 39.0 Å². The van der Waals surface area contributed by atoms with Crippen LogP contribution in [0.5, 0.6) is 0 Å². The zero-order chi connectivity index (χ0) is 14.6. The second-order valence-electron chi connectivity index (χ2n) is 6.76. The van der Waals surface area contributed by atoms with Gasteiger partial charge < -0.3 is 10.2 Å². The van der Waals surface area contributed by atoms with Crippen molar-refractivity contribution in [1.29, 1.82) is 0 Å². The minimum Gasteiger partial charge on any atom is -0.341 e. The first-order valence-electron chi connectivity index (χ1n) is 8.27. The molecule has 2 aliphatic heterocycles. The smallest absolute Gasteiger partial charge is 0.239 e. The normalized spacial score (nSPS) is 26.1. The Bertz CT molecular complexity index is 316. The van der Waals surface area contributed by atoms with Crippen LogP contribution >= 0.6 is 0 Å². The topological polar surface area (TPSA) is 35.6 Å². The number of hydrogen-bond donors (Lipinski definition) is 1. The second kappa shape index (κ2) is 6.90. The van der Waals surface area contributed by atoms with Crippen molar-refractivity contribution in [2.45, 2.75) is 64.0 Å². The molecule has 0 aromatic heterocycles. The van der Waals surface area contributed by atoms with Gasteiger partial charge in [-0.2, -0.15) is 0 Å². The maximum Gasteiger partial charge on any atom is 0.239 e. The van der Waals surface area contributed by atoms with E-state index in [1.807, 2.05) is 7.05 Å². The van der Waals surface area contributed by atoms with Crippen molar-refractivity contribution in [3.63, 3.8) is 0 Å². The number of rotatable bonds is 3. The van der Waals surface area contributed by atoms with E-state index >= 15 is 0 Å². The van der Waals surface area contributed by atoms with Gasteiger partial charge >= 0.3 is 0 Å². The number of nitrogens with one attached hydrogen (secondary N) is 1. The molecule has 2 rings (SSSR count). The van der Waals surface area contributed by atoms with Crippen molar-refractivity contribution in [2.75, 3.05) is 33.2 Å². The van der Waals surface area contributed by atoms with Crippen LogP contribution in [-0.2, 0) is 4.79 Å². The maximum atomic E-state index is 12.6. The molecule has 2 fully saturated rings. The lowest BCUT2D eigenvalue weighted by molar-refractivity contribution is -0.137. The first kappa shape index (κ1) is 15.8. The summed E-state index contributed by atoms with van der Waals surface area (Å²) in [6.07, 6.45) is 7.17.